The summed E-state index contributed by atoms with van der Waals surface area (Å²) in [6, 6.07) is 7.09. The number of nitrogens with zero attached hydrogens (tertiary/aromatic N) is 2. The van der Waals surface area contributed by atoms with Crippen molar-refractivity contribution in [3.05, 3.63) is 40.9 Å². The second-order valence-corrected chi connectivity index (χ2v) is 5.04. The Bertz CT molecular complexity index is 754. The molecule has 0 radical (unpaired) electrons. The minimum atomic E-state index is -0.298. The highest BCUT2D eigenvalue weighted by atomic mass is 16.5. The molecule has 23 heavy (non-hydrogen) atoms. The molecular formula is C16H19N3O4. The van der Waals surface area contributed by atoms with Gasteiger partial charge in [-0.05, 0) is 18.6 Å². The van der Waals surface area contributed by atoms with Gasteiger partial charge >= 0.3 is 5.97 Å². The number of fused-ring (bicyclic) bond motifs is 1. The van der Waals surface area contributed by atoms with Crippen LogP contribution < -0.4 is 10.9 Å². The van der Waals surface area contributed by atoms with Crippen LogP contribution in [-0.4, -0.2) is 35.1 Å². The van der Waals surface area contributed by atoms with Crippen LogP contribution in [0.3, 0.4) is 0 Å². The molecule has 7 nitrogen and oxygen atoms in total. The Morgan fingerprint density at radius 3 is 2.83 bits per heavy atom. The third-order valence-corrected chi connectivity index (χ3v) is 3.42. The Kier molecular flexibility index (Phi) is 5.85. The van der Waals surface area contributed by atoms with Crippen LogP contribution in [0.1, 0.15) is 19.3 Å². The van der Waals surface area contributed by atoms with Gasteiger partial charge in [0, 0.05) is 25.9 Å². The van der Waals surface area contributed by atoms with Crippen molar-refractivity contribution in [1.29, 1.82) is 0 Å². The molecule has 1 aromatic heterocycles. The van der Waals surface area contributed by atoms with Gasteiger partial charge in [0.2, 0.25) is 5.91 Å². The molecule has 2 rings (SSSR count). The zero-order valence-electron chi connectivity index (χ0n) is 12.9. The highest BCUT2D eigenvalue weighted by Gasteiger charge is 2.06. The molecule has 0 saturated carbocycles. The van der Waals surface area contributed by atoms with Crippen LogP contribution in [-0.2, 0) is 20.9 Å². The summed E-state index contributed by atoms with van der Waals surface area (Å²) in [7, 11) is 1.33. The number of rotatable bonds is 7. The fraction of sp³-hybridized carbons (Fsp3) is 0.375. The lowest BCUT2D eigenvalue weighted by atomic mass is 10.2. The molecule has 1 aromatic carbocycles. The number of ether oxygens (including phenoxy) is 1. The number of amides is 1. The van der Waals surface area contributed by atoms with Gasteiger partial charge in [-0.1, -0.05) is 12.1 Å². The first-order valence-corrected chi connectivity index (χ1v) is 7.39. The number of carbonyl (C=O) groups is 2. The summed E-state index contributed by atoms with van der Waals surface area (Å²) in [4.78, 5) is 39.1. The topological polar surface area (TPSA) is 90.3 Å². The van der Waals surface area contributed by atoms with Gasteiger partial charge in [-0.25, -0.2) is 4.98 Å². The molecule has 0 bridgehead atoms. The molecule has 1 amide bonds. The number of hydrogen-bond acceptors (Lipinski definition) is 5. The van der Waals surface area contributed by atoms with Gasteiger partial charge in [0.1, 0.15) is 0 Å². The molecule has 0 saturated heterocycles. The van der Waals surface area contributed by atoms with Crippen LogP contribution in [0.2, 0.25) is 0 Å². The molecule has 0 spiro atoms. The normalized spacial score (nSPS) is 10.5. The van der Waals surface area contributed by atoms with E-state index in [1.54, 1.807) is 18.2 Å². The number of aryl methyl sites for hydroxylation is 1. The van der Waals surface area contributed by atoms with Crippen molar-refractivity contribution in [3.63, 3.8) is 0 Å². The molecule has 1 heterocycles. The van der Waals surface area contributed by atoms with Gasteiger partial charge in [-0.2, -0.15) is 0 Å². The van der Waals surface area contributed by atoms with Gasteiger partial charge in [0.25, 0.3) is 5.56 Å². The van der Waals surface area contributed by atoms with E-state index in [1.807, 2.05) is 6.07 Å². The molecule has 2 aromatic rings. The standard InChI is InChI=1S/C16H19N3O4/c1-23-15(21)7-4-9-17-14(20)8-10-19-11-18-13-6-3-2-5-12(13)16(19)22/h2-3,5-6,11H,4,7-10H2,1H3,(H,17,20). The van der Waals surface area contributed by atoms with Gasteiger partial charge in [-0.3, -0.25) is 19.0 Å². The summed E-state index contributed by atoms with van der Waals surface area (Å²) in [5.74, 6) is -0.469. The van der Waals surface area contributed by atoms with Crippen molar-refractivity contribution in [3.8, 4) is 0 Å². The Morgan fingerprint density at radius 2 is 2.04 bits per heavy atom. The number of nitrogens with one attached hydrogen (secondary N) is 1. The van der Waals surface area contributed by atoms with Gasteiger partial charge in [-0.15, -0.1) is 0 Å². The number of carbonyl (C=O) groups excluding carboxylic acids is 2. The lowest BCUT2D eigenvalue weighted by molar-refractivity contribution is -0.140. The van der Waals surface area contributed by atoms with E-state index >= 15 is 0 Å². The molecule has 0 unspecified atom stereocenters. The molecule has 0 atom stereocenters. The molecular weight excluding hydrogens is 298 g/mol. The predicted molar refractivity (Wildman–Crippen MR) is 84.9 cm³/mol. The fourth-order valence-electron chi connectivity index (χ4n) is 2.14. The van der Waals surface area contributed by atoms with E-state index in [0.29, 0.717) is 23.9 Å². The second kappa shape index (κ2) is 8.07. The first-order valence-electron chi connectivity index (χ1n) is 7.39. The van der Waals surface area contributed by atoms with E-state index in [9.17, 15) is 14.4 Å². The van der Waals surface area contributed by atoms with Crippen LogP contribution in [0.15, 0.2) is 35.4 Å². The van der Waals surface area contributed by atoms with Crippen LogP contribution in [0, 0.1) is 0 Å². The minimum absolute atomic E-state index is 0.158. The van der Waals surface area contributed by atoms with E-state index in [4.69, 9.17) is 0 Å². The number of esters is 1. The lowest BCUT2D eigenvalue weighted by Crippen LogP contribution is -2.28. The number of hydrogen-bond donors (Lipinski definition) is 1. The van der Waals surface area contributed by atoms with Crippen molar-refractivity contribution in [1.82, 2.24) is 14.9 Å². The maximum atomic E-state index is 12.2. The van der Waals surface area contributed by atoms with E-state index in [0.717, 1.165) is 0 Å². The quantitative estimate of drug-likeness (QED) is 0.604. The molecule has 0 aliphatic carbocycles. The zero-order valence-corrected chi connectivity index (χ0v) is 12.9. The van der Waals surface area contributed by atoms with E-state index in [1.165, 1.54) is 18.0 Å². The number of methoxy groups -OCH3 is 1. The van der Waals surface area contributed by atoms with Crippen molar-refractivity contribution in [2.24, 2.45) is 0 Å². The van der Waals surface area contributed by atoms with Crippen molar-refractivity contribution in [2.75, 3.05) is 13.7 Å². The van der Waals surface area contributed by atoms with Crippen molar-refractivity contribution >= 4 is 22.8 Å². The lowest BCUT2D eigenvalue weighted by Gasteiger charge is -2.07. The smallest absolute Gasteiger partial charge is 0.305 e. The first kappa shape index (κ1) is 16.7. The van der Waals surface area contributed by atoms with Gasteiger partial charge in [0.15, 0.2) is 0 Å². The zero-order chi connectivity index (χ0) is 16.7. The summed E-state index contributed by atoms with van der Waals surface area (Å²) in [6.07, 6.45) is 2.42. The average molecular weight is 317 g/mol. The number of benzene rings is 1. The summed E-state index contributed by atoms with van der Waals surface area (Å²) >= 11 is 0. The first-order chi connectivity index (χ1) is 11.1. The highest BCUT2D eigenvalue weighted by Crippen LogP contribution is 2.04. The molecule has 0 aliphatic heterocycles. The van der Waals surface area contributed by atoms with E-state index < -0.39 is 0 Å². The van der Waals surface area contributed by atoms with E-state index in [-0.39, 0.29) is 36.8 Å². The maximum Gasteiger partial charge on any atom is 0.305 e. The largest absolute Gasteiger partial charge is 0.469 e. The van der Waals surface area contributed by atoms with Gasteiger partial charge < -0.3 is 10.1 Å². The minimum Gasteiger partial charge on any atom is -0.469 e. The monoisotopic (exact) mass is 317 g/mol. The third-order valence-electron chi connectivity index (χ3n) is 3.42. The van der Waals surface area contributed by atoms with Crippen LogP contribution >= 0.6 is 0 Å². The summed E-state index contributed by atoms with van der Waals surface area (Å²) in [5, 5.41) is 3.24. The van der Waals surface area contributed by atoms with Crippen LogP contribution in [0.5, 0.6) is 0 Å². The molecule has 7 heteroatoms. The molecule has 0 aliphatic rings. The third kappa shape index (κ3) is 4.64. The fourth-order valence-corrected chi connectivity index (χ4v) is 2.14. The Balaban J connectivity index is 1.84. The van der Waals surface area contributed by atoms with Crippen LogP contribution in [0.4, 0.5) is 0 Å². The number of para-hydroxylation sites is 1. The highest BCUT2D eigenvalue weighted by molar-refractivity contribution is 5.77. The second-order valence-electron chi connectivity index (χ2n) is 5.04. The van der Waals surface area contributed by atoms with Crippen molar-refractivity contribution < 1.29 is 14.3 Å². The summed E-state index contributed by atoms with van der Waals surface area (Å²) in [6.45, 7) is 0.665. The van der Waals surface area contributed by atoms with Crippen molar-refractivity contribution in [2.45, 2.75) is 25.8 Å². The molecule has 1 N–H and O–H groups in total. The Labute approximate surface area is 133 Å². The maximum absolute atomic E-state index is 12.2. The number of aromatic nitrogens is 2. The SMILES string of the molecule is COC(=O)CCCNC(=O)CCn1cnc2ccccc2c1=O. The molecule has 0 fully saturated rings. The average Bonchev–Trinajstić information content (AvgIpc) is 2.58. The Morgan fingerprint density at radius 1 is 1.26 bits per heavy atom. The van der Waals surface area contributed by atoms with Gasteiger partial charge in [0.05, 0.1) is 24.3 Å². The predicted octanol–water partition coefficient (Wildman–Crippen LogP) is 0.856. The molecule has 122 valence electrons. The van der Waals surface area contributed by atoms with Crippen LogP contribution in [0.25, 0.3) is 10.9 Å². The van der Waals surface area contributed by atoms with E-state index in [2.05, 4.69) is 15.0 Å². The summed E-state index contributed by atoms with van der Waals surface area (Å²) in [5.41, 5.74) is 0.482. The summed E-state index contributed by atoms with van der Waals surface area (Å²) < 4.78 is 5.94. The Hall–Kier alpha value is -2.70.